The molecular formula is C36H48I2O7S. The molecular weight excluding hydrogens is 830 g/mol. The van der Waals surface area contributed by atoms with Gasteiger partial charge >= 0.3 is 5.97 Å². The highest BCUT2D eigenvalue weighted by molar-refractivity contribution is 14.1. The van der Waals surface area contributed by atoms with Gasteiger partial charge in [-0.3, -0.25) is 14.4 Å². The molecule has 3 rings (SSSR count). The Bertz CT molecular complexity index is 1210. The summed E-state index contributed by atoms with van der Waals surface area (Å²) in [5.41, 5.74) is 3.90. The summed E-state index contributed by atoms with van der Waals surface area (Å²) in [5, 5.41) is 21.3. The zero-order valence-electron chi connectivity index (χ0n) is 26.5. The van der Waals surface area contributed by atoms with Gasteiger partial charge in [0.25, 0.3) is 0 Å². The third-order valence-electron chi connectivity index (χ3n) is 8.46. The number of Topliss-reactive ketones (excluding diaryl/α,β-unsaturated/α-hetero) is 2. The van der Waals surface area contributed by atoms with E-state index in [-0.39, 0.29) is 48.8 Å². The van der Waals surface area contributed by atoms with Crippen LogP contribution in [0.2, 0.25) is 0 Å². The SMILES string of the molecule is O=C(CCCSCC[C@H]1C(=O)C[C@@H](O)[C@@H]1CC[C@@H](O)Cc1cccc(COCI)c1)OCC(=O)c1ccc(CCCCCI)cc1. The van der Waals surface area contributed by atoms with Crippen LogP contribution >= 0.6 is 56.9 Å². The number of halogens is 2. The summed E-state index contributed by atoms with van der Waals surface area (Å²) in [5.74, 6) is 0.692. The average Bonchev–Trinajstić information content (AvgIpc) is 3.32. The number of esters is 1. The van der Waals surface area contributed by atoms with E-state index < -0.39 is 12.2 Å². The summed E-state index contributed by atoms with van der Waals surface area (Å²) >= 11 is 6.25. The Labute approximate surface area is 305 Å². The van der Waals surface area contributed by atoms with Crippen molar-refractivity contribution in [3.63, 3.8) is 0 Å². The number of thioether (sulfide) groups is 1. The fourth-order valence-electron chi connectivity index (χ4n) is 5.94. The largest absolute Gasteiger partial charge is 0.457 e. The maximum Gasteiger partial charge on any atom is 0.306 e. The predicted octanol–water partition coefficient (Wildman–Crippen LogP) is 7.32. The first-order valence-electron chi connectivity index (χ1n) is 16.3. The molecule has 1 aliphatic carbocycles. The minimum absolute atomic E-state index is 0.102. The van der Waals surface area contributed by atoms with Crippen LogP contribution in [0.15, 0.2) is 48.5 Å². The van der Waals surface area contributed by atoms with Gasteiger partial charge < -0.3 is 19.7 Å². The van der Waals surface area contributed by atoms with Gasteiger partial charge in [-0.15, -0.1) is 0 Å². The van der Waals surface area contributed by atoms with Gasteiger partial charge in [0.1, 0.15) is 5.78 Å². The molecule has 0 amide bonds. The first-order chi connectivity index (χ1) is 22.3. The molecule has 1 aliphatic rings. The van der Waals surface area contributed by atoms with Gasteiger partial charge in [0.2, 0.25) is 0 Å². The maximum atomic E-state index is 12.6. The third-order valence-corrected chi connectivity index (χ3v) is 10.8. The molecule has 0 unspecified atom stereocenters. The summed E-state index contributed by atoms with van der Waals surface area (Å²) in [4.78, 5) is 37.3. The molecule has 254 valence electrons. The highest BCUT2D eigenvalue weighted by atomic mass is 127. The van der Waals surface area contributed by atoms with Gasteiger partial charge in [0, 0.05) is 24.3 Å². The van der Waals surface area contributed by atoms with Crippen molar-refractivity contribution in [2.24, 2.45) is 11.8 Å². The van der Waals surface area contributed by atoms with Gasteiger partial charge in [-0.25, -0.2) is 0 Å². The predicted molar refractivity (Wildman–Crippen MR) is 201 cm³/mol. The van der Waals surface area contributed by atoms with Crippen molar-refractivity contribution >= 4 is 74.5 Å². The fraction of sp³-hybridized carbons (Fsp3) is 0.583. The van der Waals surface area contributed by atoms with Gasteiger partial charge in [0.05, 0.1) is 23.4 Å². The molecule has 2 aromatic carbocycles. The molecule has 0 saturated heterocycles. The van der Waals surface area contributed by atoms with Crippen LogP contribution in [0.1, 0.15) is 84.8 Å². The second-order valence-corrected chi connectivity index (χ2v) is 14.9. The summed E-state index contributed by atoms with van der Waals surface area (Å²) in [6, 6.07) is 15.6. The van der Waals surface area contributed by atoms with Gasteiger partial charge in [-0.1, -0.05) is 100 Å². The number of carbonyl (C=O) groups excluding carboxylic acids is 3. The molecule has 1 fully saturated rings. The van der Waals surface area contributed by atoms with E-state index >= 15 is 0 Å². The van der Waals surface area contributed by atoms with Crippen LogP contribution in [-0.2, 0) is 38.5 Å². The number of ketones is 2. The van der Waals surface area contributed by atoms with Crippen molar-refractivity contribution in [2.45, 2.75) is 89.4 Å². The van der Waals surface area contributed by atoms with Crippen molar-refractivity contribution in [2.75, 3.05) is 27.2 Å². The lowest BCUT2D eigenvalue weighted by molar-refractivity contribution is -0.142. The van der Waals surface area contributed by atoms with Crippen molar-refractivity contribution < 1.29 is 34.1 Å². The molecule has 0 radical (unpaired) electrons. The minimum Gasteiger partial charge on any atom is -0.457 e. The van der Waals surface area contributed by atoms with E-state index in [1.165, 1.54) is 22.8 Å². The molecule has 0 aromatic heterocycles. The van der Waals surface area contributed by atoms with Crippen LogP contribution < -0.4 is 0 Å². The van der Waals surface area contributed by atoms with E-state index in [1.807, 2.05) is 42.5 Å². The number of aliphatic hydroxyl groups is 2. The molecule has 4 atom stereocenters. The highest BCUT2D eigenvalue weighted by Gasteiger charge is 2.40. The number of carbonyl (C=O) groups is 3. The van der Waals surface area contributed by atoms with Crippen LogP contribution in [0.4, 0.5) is 0 Å². The van der Waals surface area contributed by atoms with Crippen molar-refractivity contribution in [3.05, 3.63) is 70.8 Å². The van der Waals surface area contributed by atoms with Crippen LogP contribution in [-0.4, -0.2) is 67.1 Å². The number of hydrogen-bond donors (Lipinski definition) is 2. The average molecular weight is 879 g/mol. The zero-order valence-corrected chi connectivity index (χ0v) is 31.7. The lowest BCUT2D eigenvalue weighted by Crippen LogP contribution is -2.23. The molecule has 0 aliphatic heterocycles. The maximum absolute atomic E-state index is 12.6. The number of ether oxygens (including phenoxy) is 2. The van der Waals surface area contributed by atoms with E-state index in [9.17, 15) is 24.6 Å². The first-order valence-corrected chi connectivity index (χ1v) is 20.5. The van der Waals surface area contributed by atoms with Gasteiger partial charge in [-0.05, 0) is 89.9 Å². The summed E-state index contributed by atoms with van der Waals surface area (Å²) < 4.78 is 12.5. The topological polar surface area (TPSA) is 110 Å². The van der Waals surface area contributed by atoms with E-state index in [0.717, 1.165) is 35.5 Å². The molecule has 2 N–H and O–H groups in total. The Morgan fingerprint density at radius 2 is 1.74 bits per heavy atom. The summed E-state index contributed by atoms with van der Waals surface area (Å²) in [6.07, 6.45) is 6.79. The second kappa shape index (κ2) is 22.6. The third kappa shape index (κ3) is 14.6. The quantitative estimate of drug-likeness (QED) is 0.0393. The second-order valence-electron chi connectivity index (χ2n) is 12.0. The highest BCUT2D eigenvalue weighted by Crippen LogP contribution is 2.36. The van der Waals surface area contributed by atoms with Crippen LogP contribution in [0, 0.1) is 11.8 Å². The Kier molecular flexibility index (Phi) is 19.3. The van der Waals surface area contributed by atoms with E-state index in [4.69, 9.17) is 9.47 Å². The van der Waals surface area contributed by atoms with Gasteiger partial charge in [-0.2, -0.15) is 11.8 Å². The van der Waals surface area contributed by atoms with Gasteiger partial charge in [0.15, 0.2) is 12.4 Å². The number of hydrogen-bond acceptors (Lipinski definition) is 8. The Hall–Kier alpha value is -1.06. The Balaban J connectivity index is 1.29. The van der Waals surface area contributed by atoms with Crippen molar-refractivity contribution in [3.8, 4) is 0 Å². The zero-order chi connectivity index (χ0) is 33.1. The molecule has 1 saturated carbocycles. The molecule has 0 spiro atoms. The van der Waals surface area contributed by atoms with E-state index in [0.29, 0.717) is 48.9 Å². The lowest BCUT2D eigenvalue weighted by Gasteiger charge is -2.22. The van der Waals surface area contributed by atoms with Crippen LogP contribution in [0.25, 0.3) is 0 Å². The number of rotatable bonds is 23. The normalized spacial score (nSPS) is 18.5. The van der Waals surface area contributed by atoms with Crippen molar-refractivity contribution in [1.29, 1.82) is 0 Å². The monoisotopic (exact) mass is 878 g/mol. The van der Waals surface area contributed by atoms with Crippen LogP contribution in [0.5, 0.6) is 0 Å². The smallest absolute Gasteiger partial charge is 0.306 e. The fourth-order valence-corrected chi connectivity index (χ4v) is 7.67. The molecule has 46 heavy (non-hydrogen) atoms. The van der Waals surface area contributed by atoms with E-state index in [1.54, 1.807) is 11.8 Å². The van der Waals surface area contributed by atoms with Crippen molar-refractivity contribution in [1.82, 2.24) is 0 Å². The molecule has 0 heterocycles. The number of unbranched alkanes of at least 4 members (excludes halogenated alkanes) is 2. The summed E-state index contributed by atoms with van der Waals surface area (Å²) in [7, 11) is 0. The Morgan fingerprint density at radius 1 is 0.957 bits per heavy atom. The standard InChI is InChI=1S/C36H48I2O7S/c37-17-3-1-2-6-26-10-12-29(13-11-26)35(42)24-45-36(43)9-5-18-46-19-16-32-31(33(40)22-34(32)41)15-14-30(39)21-27-7-4-8-28(20-27)23-44-25-38/h4,7-8,10-13,20,30-33,39-40H,1-3,5-6,9,14-19,21-25H2/t30-,31-,32-,33-/m1/s1. The van der Waals surface area contributed by atoms with Crippen LogP contribution in [0.3, 0.4) is 0 Å². The van der Waals surface area contributed by atoms with E-state index in [2.05, 4.69) is 51.2 Å². The Morgan fingerprint density at radius 3 is 2.50 bits per heavy atom. The number of benzene rings is 2. The number of aryl methyl sites for hydroxylation is 1. The molecule has 2 aromatic rings. The molecule has 10 heteroatoms. The number of aliphatic hydroxyl groups excluding tert-OH is 2. The summed E-state index contributed by atoms with van der Waals surface area (Å²) in [6.45, 7) is 0.298. The minimum atomic E-state index is -0.658. The molecule has 0 bridgehead atoms. The number of alkyl halides is 2. The first kappa shape index (κ1) is 39.4. The lowest BCUT2D eigenvalue weighted by atomic mass is 9.86. The molecule has 7 nitrogen and oxygen atoms in total.